The van der Waals surface area contributed by atoms with E-state index in [1.165, 1.54) is 30.3 Å². The molecule has 0 aliphatic carbocycles. The first kappa shape index (κ1) is 26.8. The Labute approximate surface area is 207 Å². The van der Waals surface area contributed by atoms with Gasteiger partial charge in [0.2, 0.25) is 0 Å². The summed E-state index contributed by atoms with van der Waals surface area (Å²) in [5.74, 6) is -1.02. The molecule has 0 fully saturated rings. The summed E-state index contributed by atoms with van der Waals surface area (Å²) in [5, 5.41) is 32.6. The van der Waals surface area contributed by atoms with E-state index in [1.807, 2.05) is 6.92 Å². The Balaban J connectivity index is 2.08. The largest absolute Gasteiger partial charge is 0.466 e. The number of carbonyl (C=O) groups excluding carboxylic acids is 1. The molecular weight excluding hydrogens is 470 g/mol. The number of tetrazole rings is 1. The molecule has 0 saturated heterocycles. The minimum absolute atomic E-state index is 0.107. The second kappa shape index (κ2) is 12.8. The Morgan fingerprint density at radius 2 is 1.61 bits per heavy atom. The van der Waals surface area contributed by atoms with Crippen LogP contribution < -0.4 is 0 Å². The summed E-state index contributed by atoms with van der Waals surface area (Å²) >= 11 is 0. The maximum Gasteiger partial charge on any atom is 0.308 e. The van der Waals surface area contributed by atoms with Gasteiger partial charge >= 0.3 is 5.97 Å². The third kappa shape index (κ3) is 7.12. The van der Waals surface area contributed by atoms with Crippen molar-refractivity contribution in [1.82, 2.24) is 20.2 Å². The van der Waals surface area contributed by atoms with E-state index in [9.17, 15) is 23.8 Å². The van der Waals surface area contributed by atoms with Crippen molar-refractivity contribution in [2.45, 2.75) is 45.4 Å². The topological polar surface area (TPSA) is 110 Å². The van der Waals surface area contributed by atoms with Crippen LogP contribution in [-0.4, -0.2) is 55.2 Å². The lowest BCUT2D eigenvalue weighted by Gasteiger charge is -2.15. The Bertz CT molecular complexity index is 1160. The highest BCUT2D eigenvalue weighted by molar-refractivity contribution is 6.00. The van der Waals surface area contributed by atoms with Gasteiger partial charge in [-0.25, -0.2) is 13.5 Å². The highest BCUT2D eigenvalue weighted by Crippen LogP contribution is 2.33. The summed E-state index contributed by atoms with van der Waals surface area (Å²) in [7, 11) is 0. The molecule has 36 heavy (non-hydrogen) atoms. The average molecular weight is 499 g/mol. The summed E-state index contributed by atoms with van der Waals surface area (Å²) in [6.07, 6.45) is 0.478. The molecule has 10 heteroatoms. The highest BCUT2D eigenvalue weighted by Gasteiger charge is 2.19. The third-order valence-electron chi connectivity index (χ3n) is 5.31. The summed E-state index contributed by atoms with van der Waals surface area (Å²) in [6, 6.07) is 11.6. The van der Waals surface area contributed by atoms with Crippen LogP contribution in [0.3, 0.4) is 0 Å². The Kier molecular flexibility index (Phi) is 9.54. The van der Waals surface area contributed by atoms with E-state index in [-0.39, 0.29) is 19.4 Å². The van der Waals surface area contributed by atoms with Crippen LogP contribution in [0, 0.1) is 11.6 Å². The normalized spacial score (nSPS) is 12.9. The van der Waals surface area contributed by atoms with Crippen molar-refractivity contribution < 1.29 is 28.5 Å². The van der Waals surface area contributed by atoms with E-state index in [1.54, 1.807) is 41.9 Å². The van der Waals surface area contributed by atoms with Crippen molar-refractivity contribution >= 4 is 17.1 Å². The fourth-order valence-electron chi connectivity index (χ4n) is 3.65. The number of halogens is 2. The van der Waals surface area contributed by atoms with Gasteiger partial charge in [-0.2, -0.15) is 0 Å². The molecule has 0 amide bonds. The summed E-state index contributed by atoms with van der Waals surface area (Å²) in [4.78, 5) is 11.6. The Morgan fingerprint density at radius 3 is 2.14 bits per heavy atom. The second-order valence-electron chi connectivity index (χ2n) is 7.95. The number of allylic oxidation sites excluding steroid dienone is 2. The van der Waals surface area contributed by atoms with Crippen molar-refractivity contribution in [3.63, 3.8) is 0 Å². The van der Waals surface area contributed by atoms with E-state index >= 15 is 0 Å². The van der Waals surface area contributed by atoms with Crippen LogP contribution in [0.1, 0.15) is 43.6 Å². The number of aliphatic hydroxyl groups is 2. The van der Waals surface area contributed by atoms with Crippen LogP contribution in [-0.2, 0) is 16.1 Å². The van der Waals surface area contributed by atoms with Gasteiger partial charge in [0, 0.05) is 18.5 Å². The average Bonchev–Trinajstić information content (AvgIpc) is 3.32. The monoisotopic (exact) mass is 498 g/mol. The minimum atomic E-state index is -1.11. The molecule has 2 aromatic carbocycles. The van der Waals surface area contributed by atoms with Crippen LogP contribution in [0.4, 0.5) is 8.78 Å². The molecular formula is C26H28F2N4O4. The van der Waals surface area contributed by atoms with Crippen molar-refractivity contribution in [3.8, 4) is 0 Å². The summed E-state index contributed by atoms with van der Waals surface area (Å²) in [5.41, 5.74) is 2.30. The van der Waals surface area contributed by atoms with Gasteiger partial charge in [0.05, 0.1) is 25.2 Å². The lowest BCUT2D eigenvalue weighted by molar-refractivity contribution is -0.145. The van der Waals surface area contributed by atoms with Crippen molar-refractivity contribution in [3.05, 3.63) is 89.3 Å². The molecule has 8 nitrogen and oxygen atoms in total. The van der Waals surface area contributed by atoms with Crippen LogP contribution >= 0.6 is 0 Å². The molecule has 190 valence electrons. The zero-order chi connectivity index (χ0) is 26.1. The van der Waals surface area contributed by atoms with Gasteiger partial charge in [0.15, 0.2) is 5.82 Å². The first-order chi connectivity index (χ1) is 17.3. The smallest absolute Gasteiger partial charge is 0.308 e. The number of hydrogen-bond donors (Lipinski definition) is 2. The predicted molar refractivity (Wildman–Crippen MR) is 129 cm³/mol. The van der Waals surface area contributed by atoms with Gasteiger partial charge in [0.1, 0.15) is 11.6 Å². The number of esters is 1. The fourth-order valence-corrected chi connectivity index (χ4v) is 3.65. The van der Waals surface area contributed by atoms with Crippen molar-refractivity contribution in [2.75, 3.05) is 6.61 Å². The number of hydrogen-bond acceptors (Lipinski definition) is 7. The number of nitrogens with zero attached hydrogens (tertiary/aromatic N) is 4. The standard InChI is InChI=1S/C26H28F2N4O4/c1-3-32-26(29-30-31-32)23(14-13-21(33)15-22(34)16-24(35)36-4-2)25(17-5-9-19(27)10-6-17)18-7-11-20(28)12-8-18/h5-14,21-22,33-34H,3-4,15-16H2,1-2H3. The van der Waals surface area contributed by atoms with Gasteiger partial charge in [-0.3, -0.25) is 4.79 Å². The van der Waals surface area contributed by atoms with Gasteiger partial charge in [0.25, 0.3) is 0 Å². The zero-order valence-electron chi connectivity index (χ0n) is 20.0. The van der Waals surface area contributed by atoms with Crippen molar-refractivity contribution in [2.24, 2.45) is 0 Å². The molecule has 2 atom stereocenters. The summed E-state index contributed by atoms with van der Waals surface area (Å²) in [6.45, 7) is 4.17. The van der Waals surface area contributed by atoms with Crippen LogP contribution in [0.5, 0.6) is 0 Å². The minimum Gasteiger partial charge on any atom is -0.466 e. The van der Waals surface area contributed by atoms with E-state index in [2.05, 4.69) is 15.5 Å². The van der Waals surface area contributed by atoms with Crippen LogP contribution in [0.15, 0.2) is 60.7 Å². The molecule has 1 heterocycles. The lowest BCUT2D eigenvalue weighted by Crippen LogP contribution is -2.20. The SMILES string of the molecule is CCOC(=O)CC(O)CC(O)C=CC(=C(c1ccc(F)cc1)c1ccc(F)cc1)c1nnnn1CC. The van der Waals surface area contributed by atoms with Gasteiger partial charge < -0.3 is 14.9 Å². The van der Waals surface area contributed by atoms with Crippen LogP contribution in [0.2, 0.25) is 0 Å². The van der Waals surface area contributed by atoms with E-state index < -0.39 is 29.8 Å². The molecule has 0 spiro atoms. The third-order valence-corrected chi connectivity index (χ3v) is 5.31. The van der Waals surface area contributed by atoms with E-state index in [0.717, 1.165) is 0 Å². The fraction of sp³-hybridized carbons (Fsp3) is 0.308. The van der Waals surface area contributed by atoms with E-state index in [0.29, 0.717) is 34.6 Å². The molecule has 0 bridgehead atoms. The van der Waals surface area contributed by atoms with Crippen LogP contribution in [0.25, 0.3) is 11.1 Å². The molecule has 0 aliphatic rings. The molecule has 3 aromatic rings. The highest BCUT2D eigenvalue weighted by atomic mass is 19.1. The number of aliphatic hydroxyl groups excluding tert-OH is 2. The maximum absolute atomic E-state index is 13.7. The van der Waals surface area contributed by atoms with Gasteiger partial charge in [-0.05, 0) is 65.2 Å². The Morgan fingerprint density at radius 1 is 1.03 bits per heavy atom. The lowest BCUT2D eigenvalue weighted by atomic mass is 9.91. The number of benzene rings is 2. The molecule has 1 aromatic heterocycles. The number of aryl methyl sites for hydroxylation is 1. The van der Waals surface area contributed by atoms with Gasteiger partial charge in [-0.15, -0.1) is 5.10 Å². The zero-order valence-corrected chi connectivity index (χ0v) is 20.0. The second-order valence-corrected chi connectivity index (χ2v) is 7.95. The molecule has 0 aliphatic heterocycles. The Hall–Kier alpha value is -3.76. The number of carbonyl (C=O) groups is 1. The first-order valence-electron chi connectivity index (χ1n) is 11.5. The number of ether oxygens (including phenoxy) is 1. The summed E-state index contributed by atoms with van der Waals surface area (Å²) < 4.78 is 33.8. The molecule has 2 unspecified atom stereocenters. The molecule has 2 N–H and O–H groups in total. The van der Waals surface area contributed by atoms with Gasteiger partial charge in [-0.1, -0.05) is 36.4 Å². The molecule has 0 saturated carbocycles. The first-order valence-corrected chi connectivity index (χ1v) is 11.5. The molecule has 3 rings (SSSR count). The number of aromatic nitrogens is 4. The van der Waals surface area contributed by atoms with E-state index in [4.69, 9.17) is 4.74 Å². The molecule has 0 radical (unpaired) electrons. The van der Waals surface area contributed by atoms with Crippen molar-refractivity contribution in [1.29, 1.82) is 0 Å². The quantitative estimate of drug-likeness (QED) is 0.307. The maximum atomic E-state index is 13.7. The number of rotatable bonds is 11. The predicted octanol–water partition coefficient (Wildman–Crippen LogP) is 3.55.